The monoisotopic (exact) mass is 220 g/mol. The molecule has 6 heteroatoms. The minimum Gasteiger partial charge on any atom is -0.469 e. The molecule has 0 amide bonds. The third-order valence-electron chi connectivity index (χ3n) is 1.80. The molecule has 0 saturated carbocycles. The van der Waals surface area contributed by atoms with Crippen LogP contribution >= 0.6 is 0 Å². The van der Waals surface area contributed by atoms with E-state index in [4.69, 9.17) is 10.00 Å². The first-order valence-electron chi connectivity index (χ1n) is 4.38. The maximum atomic E-state index is 10.7. The van der Waals surface area contributed by atoms with Crippen molar-refractivity contribution >= 4 is 12.0 Å². The van der Waals surface area contributed by atoms with Crippen LogP contribution in [0.5, 0.6) is 5.75 Å². The third-order valence-corrected chi connectivity index (χ3v) is 1.80. The van der Waals surface area contributed by atoms with Crippen molar-refractivity contribution in [2.75, 3.05) is 0 Å². The maximum Gasteiger partial charge on any atom is 0.311 e. The Morgan fingerprint density at radius 1 is 1.62 bits per heavy atom. The van der Waals surface area contributed by atoms with Crippen LogP contribution < -0.4 is 4.74 Å². The fourth-order valence-electron chi connectivity index (χ4n) is 1.07. The molecule has 1 aromatic rings. The average Bonchev–Trinajstić information content (AvgIpc) is 2.29. The fraction of sp³-hybridized carbons (Fsp3) is 0.200. The molecule has 0 heterocycles. The van der Waals surface area contributed by atoms with Crippen molar-refractivity contribution in [2.24, 2.45) is 0 Å². The lowest BCUT2D eigenvalue weighted by Crippen LogP contribution is -2.09. The smallest absolute Gasteiger partial charge is 0.311 e. The number of hydrogen-bond donors (Lipinski definition) is 0. The first-order valence-corrected chi connectivity index (χ1v) is 4.38. The average molecular weight is 220 g/mol. The Balaban J connectivity index is 3.14. The predicted octanol–water partition coefficient (Wildman–Crippen LogP) is 1.70. The molecular weight excluding hydrogens is 212 g/mol. The summed E-state index contributed by atoms with van der Waals surface area (Å²) in [5, 5.41) is 19.2. The molecule has 0 aliphatic carbocycles. The van der Waals surface area contributed by atoms with Crippen molar-refractivity contribution < 1.29 is 14.5 Å². The van der Waals surface area contributed by atoms with Gasteiger partial charge in [0.05, 0.1) is 4.92 Å². The number of nitro groups is 1. The summed E-state index contributed by atoms with van der Waals surface area (Å²) in [6, 6.07) is 5.59. The van der Waals surface area contributed by atoms with Crippen molar-refractivity contribution in [3.05, 3.63) is 33.9 Å². The van der Waals surface area contributed by atoms with E-state index in [1.54, 1.807) is 6.07 Å². The fourth-order valence-corrected chi connectivity index (χ4v) is 1.07. The Bertz CT molecular complexity index is 464. The van der Waals surface area contributed by atoms with E-state index in [0.29, 0.717) is 6.29 Å². The van der Waals surface area contributed by atoms with E-state index in [1.807, 2.05) is 0 Å². The lowest BCUT2D eigenvalue weighted by Gasteiger charge is -2.07. The molecule has 1 aromatic carbocycles. The molecule has 0 N–H and O–H groups in total. The second-order valence-electron chi connectivity index (χ2n) is 2.99. The molecule has 6 nitrogen and oxygen atoms in total. The summed E-state index contributed by atoms with van der Waals surface area (Å²) in [6.45, 7) is 1.47. The van der Waals surface area contributed by atoms with Gasteiger partial charge in [-0.3, -0.25) is 14.9 Å². The zero-order valence-corrected chi connectivity index (χ0v) is 8.41. The number of nitriles is 1. The topological polar surface area (TPSA) is 93.2 Å². The summed E-state index contributed by atoms with van der Waals surface area (Å²) in [5.41, 5.74) is -0.143. The van der Waals surface area contributed by atoms with Crippen LogP contribution in [0, 0.1) is 21.4 Å². The highest BCUT2D eigenvalue weighted by molar-refractivity contribution is 5.77. The van der Waals surface area contributed by atoms with Gasteiger partial charge in [0.2, 0.25) is 0 Å². The zero-order valence-electron chi connectivity index (χ0n) is 8.41. The summed E-state index contributed by atoms with van der Waals surface area (Å²) in [6.07, 6.45) is -0.286. The Morgan fingerprint density at radius 2 is 2.31 bits per heavy atom. The maximum absolute atomic E-state index is 10.7. The Kier molecular flexibility index (Phi) is 3.56. The molecule has 0 bridgehead atoms. The minimum atomic E-state index is -0.791. The first kappa shape index (κ1) is 11.7. The van der Waals surface area contributed by atoms with Crippen molar-refractivity contribution in [1.29, 1.82) is 5.26 Å². The van der Waals surface area contributed by atoms with Crippen LogP contribution in [0.25, 0.3) is 0 Å². The van der Waals surface area contributed by atoms with Gasteiger partial charge in [-0.2, -0.15) is 5.26 Å². The molecule has 0 aromatic heterocycles. The summed E-state index contributed by atoms with van der Waals surface area (Å²) in [7, 11) is 0. The second-order valence-corrected chi connectivity index (χ2v) is 2.99. The van der Waals surface area contributed by atoms with Gasteiger partial charge in [-0.25, -0.2) is 0 Å². The van der Waals surface area contributed by atoms with Gasteiger partial charge in [0.25, 0.3) is 0 Å². The number of carbonyl (C=O) groups is 1. The molecule has 16 heavy (non-hydrogen) atoms. The SMILES string of the molecule is CC(C#N)Oc1ccc(C=O)cc1[N+](=O)[O-]. The molecule has 0 spiro atoms. The van der Waals surface area contributed by atoms with E-state index in [-0.39, 0.29) is 17.0 Å². The van der Waals surface area contributed by atoms with Crippen LogP contribution in [0.3, 0.4) is 0 Å². The molecule has 0 aliphatic rings. The Labute approximate surface area is 91.2 Å². The third kappa shape index (κ3) is 2.54. The number of nitro benzene ring substituents is 1. The highest BCUT2D eigenvalue weighted by Gasteiger charge is 2.17. The number of nitrogens with zero attached hydrogens (tertiary/aromatic N) is 2. The molecule has 0 aliphatic heterocycles. The summed E-state index contributed by atoms with van der Waals surface area (Å²) >= 11 is 0. The van der Waals surface area contributed by atoms with Gasteiger partial charge in [0.15, 0.2) is 11.9 Å². The molecular formula is C10H8N2O4. The van der Waals surface area contributed by atoms with Crippen molar-refractivity contribution in [3.63, 3.8) is 0 Å². The number of benzene rings is 1. The van der Waals surface area contributed by atoms with Gasteiger partial charge in [0.1, 0.15) is 12.4 Å². The van der Waals surface area contributed by atoms with E-state index >= 15 is 0 Å². The van der Waals surface area contributed by atoms with Crippen molar-refractivity contribution in [1.82, 2.24) is 0 Å². The lowest BCUT2D eigenvalue weighted by atomic mass is 10.2. The molecule has 1 atom stereocenters. The van der Waals surface area contributed by atoms with Gasteiger partial charge >= 0.3 is 5.69 Å². The number of ether oxygens (including phenoxy) is 1. The normalized spacial score (nSPS) is 11.2. The van der Waals surface area contributed by atoms with Crippen molar-refractivity contribution in [2.45, 2.75) is 13.0 Å². The minimum absolute atomic E-state index is 0.0235. The van der Waals surface area contributed by atoms with Crippen LogP contribution in [0.1, 0.15) is 17.3 Å². The van der Waals surface area contributed by atoms with Gasteiger partial charge in [-0.15, -0.1) is 0 Å². The second kappa shape index (κ2) is 4.89. The quantitative estimate of drug-likeness (QED) is 0.437. The number of rotatable bonds is 4. The van der Waals surface area contributed by atoms with Crippen LogP contribution in [0.2, 0.25) is 0 Å². The predicted molar refractivity (Wildman–Crippen MR) is 54.2 cm³/mol. The van der Waals surface area contributed by atoms with E-state index in [9.17, 15) is 14.9 Å². The van der Waals surface area contributed by atoms with Gasteiger partial charge in [-0.1, -0.05) is 0 Å². The molecule has 82 valence electrons. The van der Waals surface area contributed by atoms with Crippen molar-refractivity contribution in [3.8, 4) is 11.8 Å². The van der Waals surface area contributed by atoms with Crippen LogP contribution in [0.15, 0.2) is 18.2 Å². The van der Waals surface area contributed by atoms with E-state index in [1.165, 1.54) is 19.1 Å². The van der Waals surface area contributed by atoms with Gasteiger partial charge in [-0.05, 0) is 19.1 Å². The van der Waals surface area contributed by atoms with E-state index in [2.05, 4.69) is 0 Å². The highest BCUT2D eigenvalue weighted by atomic mass is 16.6. The van der Waals surface area contributed by atoms with E-state index < -0.39 is 11.0 Å². The Morgan fingerprint density at radius 3 is 2.81 bits per heavy atom. The molecule has 1 unspecified atom stereocenters. The Hall–Kier alpha value is -2.42. The van der Waals surface area contributed by atoms with E-state index in [0.717, 1.165) is 6.07 Å². The number of hydrogen-bond acceptors (Lipinski definition) is 5. The number of aldehydes is 1. The van der Waals surface area contributed by atoms with Gasteiger partial charge in [0, 0.05) is 11.6 Å². The number of carbonyl (C=O) groups excluding carboxylic acids is 1. The summed E-state index contributed by atoms with van der Waals surface area (Å²) in [4.78, 5) is 20.5. The molecule has 1 rings (SSSR count). The largest absolute Gasteiger partial charge is 0.469 e. The summed E-state index contributed by atoms with van der Waals surface area (Å²) < 4.78 is 5.04. The highest BCUT2D eigenvalue weighted by Crippen LogP contribution is 2.28. The zero-order chi connectivity index (χ0) is 12.1. The standard InChI is InChI=1S/C10H8N2O4/c1-7(5-11)16-10-3-2-8(6-13)4-9(10)12(14)15/h2-4,6-7H,1H3. The molecule has 0 saturated heterocycles. The lowest BCUT2D eigenvalue weighted by molar-refractivity contribution is -0.386. The van der Waals surface area contributed by atoms with Crippen LogP contribution in [-0.4, -0.2) is 17.3 Å². The van der Waals surface area contributed by atoms with Gasteiger partial charge < -0.3 is 4.74 Å². The van der Waals surface area contributed by atoms with Crippen LogP contribution in [-0.2, 0) is 0 Å². The summed E-state index contributed by atoms with van der Waals surface area (Å²) in [5.74, 6) is -0.0235. The molecule has 0 fully saturated rings. The van der Waals surface area contributed by atoms with Crippen LogP contribution in [0.4, 0.5) is 5.69 Å². The first-order chi connectivity index (χ1) is 7.58. The molecule has 0 radical (unpaired) electrons.